The molecule has 1 atom stereocenters. The van der Waals surface area contributed by atoms with E-state index in [-0.39, 0.29) is 29.5 Å². The van der Waals surface area contributed by atoms with Crippen molar-refractivity contribution in [2.45, 2.75) is 32.1 Å². The van der Waals surface area contributed by atoms with E-state index in [9.17, 15) is 9.18 Å². The molecule has 1 amide bonds. The fourth-order valence-corrected chi connectivity index (χ4v) is 4.86. The van der Waals surface area contributed by atoms with Gasteiger partial charge in [-0.1, -0.05) is 29.8 Å². The van der Waals surface area contributed by atoms with Crippen LogP contribution in [0.2, 0.25) is 0 Å². The maximum absolute atomic E-state index is 13.2. The highest BCUT2D eigenvalue weighted by Gasteiger charge is 2.51. The zero-order chi connectivity index (χ0) is 22.1. The van der Waals surface area contributed by atoms with Crippen LogP contribution >= 0.6 is 0 Å². The summed E-state index contributed by atoms with van der Waals surface area (Å²) in [4.78, 5) is 15.0. The molecule has 2 saturated heterocycles. The molecule has 0 radical (unpaired) electrons. The molecule has 0 bridgehead atoms. The summed E-state index contributed by atoms with van der Waals surface area (Å²) < 4.78 is 25.0. The molecule has 6 nitrogen and oxygen atoms in total. The number of nitrogens with zero attached hydrogens (tertiary/aromatic N) is 3. The van der Waals surface area contributed by atoms with Crippen LogP contribution < -0.4 is 0 Å². The third-order valence-electron chi connectivity index (χ3n) is 6.80. The van der Waals surface area contributed by atoms with Crippen LogP contribution in [-0.2, 0) is 16.0 Å². The summed E-state index contributed by atoms with van der Waals surface area (Å²) in [7, 11) is 0. The number of likely N-dealkylation sites (tertiary alicyclic amines) is 1. The predicted octanol–water partition coefficient (Wildman–Crippen LogP) is 4.15. The minimum absolute atomic E-state index is 0.0308. The van der Waals surface area contributed by atoms with Crippen LogP contribution in [0.4, 0.5) is 4.39 Å². The Bertz CT molecular complexity index is 1090. The second-order valence-electron chi connectivity index (χ2n) is 8.92. The molecule has 7 heteroatoms. The van der Waals surface area contributed by atoms with E-state index in [1.807, 2.05) is 36.1 Å². The van der Waals surface area contributed by atoms with E-state index in [1.54, 1.807) is 12.1 Å². The molecule has 3 aromatic rings. The molecule has 2 fully saturated rings. The Balaban J connectivity index is 1.38. The lowest BCUT2D eigenvalue weighted by atomic mass is 9.72. The average Bonchev–Trinajstić information content (AvgIpc) is 3.42. The third kappa shape index (κ3) is 4.05. The summed E-state index contributed by atoms with van der Waals surface area (Å²) in [5.74, 6) is 0.778. The molecule has 2 aliphatic rings. The maximum atomic E-state index is 13.2. The number of hydrogen-bond acceptors (Lipinski definition) is 5. The molecule has 32 heavy (non-hydrogen) atoms. The molecular weight excluding hydrogens is 409 g/mol. The number of halogens is 1. The Morgan fingerprint density at radius 2 is 1.81 bits per heavy atom. The molecule has 5 rings (SSSR count). The molecular formula is C25H26FN3O3. The number of rotatable bonds is 4. The van der Waals surface area contributed by atoms with Crippen LogP contribution in [0, 0.1) is 18.2 Å². The van der Waals surface area contributed by atoms with E-state index in [0.29, 0.717) is 38.1 Å². The number of aromatic nitrogens is 2. The second kappa shape index (κ2) is 8.47. The lowest BCUT2D eigenvalue weighted by Gasteiger charge is -2.36. The summed E-state index contributed by atoms with van der Waals surface area (Å²) >= 11 is 0. The fourth-order valence-electron chi connectivity index (χ4n) is 4.86. The number of hydrogen-bond donors (Lipinski definition) is 0. The first-order valence-corrected chi connectivity index (χ1v) is 11.0. The van der Waals surface area contributed by atoms with Gasteiger partial charge in [-0.2, -0.15) is 0 Å². The lowest BCUT2D eigenvalue weighted by molar-refractivity contribution is -0.130. The normalized spacial score (nSPS) is 20.1. The topological polar surface area (TPSA) is 68.5 Å². The minimum atomic E-state index is -0.302. The smallest absolute Gasteiger partial charge is 0.247 e. The van der Waals surface area contributed by atoms with Crippen molar-refractivity contribution < 1.29 is 18.3 Å². The number of ether oxygens (including phenoxy) is 1. The number of aryl methyl sites for hydroxylation is 1. The predicted molar refractivity (Wildman–Crippen MR) is 116 cm³/mol. The maximum Gasteiger partial charge on any atom is 0.247 e. The first kappa shape index (κ1) is 20.8. The van der Waals surface area contributed by atoms with Crippen molar-refractivity contribution >= 4 is 5.91 Å². The van der Waals surface area contributed by atoms with Crippen molar-refractivity contribution in [3.63, 3.8) is 0 Å². The van der Waals surface area contributed by atoms with Crippen molar-refractivity contribution in [1.82, 2.24) is 15.1 Å². The Labute approximate surface area is 186 Å². The number of carbonyl (C=O) groups excluding carboxylic acids is 1. The first-order valence-electron chi connectivity index (χ1n) is 11.0. The highest BCUT2D eigenvalue weighted by atomic mass is 19.1. The van der Waals surface area contributed by atoms with Crippen molar-refractivity contribution in [2.24, 2.45) is 5.41 Å². The Morgan fingerprint density at radius 1 is 1.09 bits per heavy atom. The quantitative estimate of drug-likeness (QED) is 0.616. The fraction of sp³-hybridized carbons (Fsp3) is 0.400. The van der Waals surface area contributed by atoms with E-state index in [2.05, 4.69) is 10.2 Å². The Hall–Kier alpha value is -3.06. The van der Waals surface area contributed by atoms with Crippen molar-refractivity contribution in [2.75, 3.05) is 26.3 Å². The largest absolute Gasteiger partial charge is 0.420 e. The molecule has 3 heterocycles. The van der Waals surface area contributed by atoms with Gasteiger partial charge in [-0.05, 0) is 49.6 Å². The van der Waals surface area contributed by atoms with Crippen molar-refractivity contribution in [3.05, 3.63) is 71.4 Å². The van der Waals surface area contributed by atoms with Crippen LogP contribution in [0.3, 0.4) is 0 Å². The van der Waals surface area contributed by atoms with Gasteiger partial charge >= 0.3 is 0 Å². The van der Waals surface area contributed by atoms with E-state index in [4.69, 9.17) is 9.15 Å². The summed E-state index contributed by atoms with van der Waals surface area (Å²) in [6, 6.07) is 14.1. The van der Waals surface area contributed by atoms with Crippen LogP contribution in [0.1, 0.15) is 35.8 Å². The highest BCUT2D eigenvalue weighted by Crippen LogP contribution is 2.49. The summed E-state index contributed by atoms with van der Waals surface area (Å²) in [5.41, 5.74) is 2.73. The van der Waals surface area contributed by atoms with Gasteiger partial charge in [0.05, 0.1) is 12.3 Å². The van der Waals surface area contributed by atoms with Gasteiger partial charge in [0.1, 0.15) is 5.82 Å². The summed E-state index contributed by atoms with van der Waals surface area (Å²) in [6.45, 7) is 4.54. The van der Waals surface area contributed by atoms with Crippen molar-refractivity contribution in [1.29, 1.82) is 0 Å². The Morgan fingerprint density at radius 3 is 2.53 bits per heavy atom. The SMILES string of the molecule is Cc1ccc(-c2nnc(C3CN(C(=O)Cc4ccc(F)cc4)CC34CCOCC4)o2)cc1. The molecule has 1 spiro atoms. The molecule has 2 aromatic carbocycles. The van der Waals surface area contributed by atoms with Crippen LogP contribution in [0.5, 0.6) is 0 Å². The van der Waals surface area contributed by atoms with Crippen LogP contribution in [-0.4, -0.2) is 47.3 Å². The zero-order valence-electron chi connectivity index (χ0n) is 18.1. The van der Waals surface area contributed by atoms with Crippen LogP contribution in [0.25, 0.3) is 11.5 Å². The third-order valence-corrected chi connectivity index (χ3v) is 6.80. The minimum Gasteiger partial charge on any atom is -0.420 e. The van der Waals surface area contributed by atoms with Gasteiger partial charge in [-0.25, -0.2) is 4.39 Å². The molecule has 0 N–H and O–H groups in total. The lowest BCUT2D eigenvalue weighted by Crippen LogP contribution is -2.37. The summed E-state index contributed by atoms with van der Waals surface area (Å²) in [6.07, 6.45) is 1.94. The van der Waals surface area contributed by atoms with Gasteiger partial charge in [0.15, 0.2) is 0 Å². The average molecular weight is 435 g/mol. The van der Waals surface area contributed by atoms with E-state index < -0.39 is 0 Å². The van der Waals surface area contributed by atoms with Crippen LogP contribution in [0.15, 0.2) is 52.9 Å². The van der Waals surface area contributed by atoms with Gasteiger partial charge in [0.2, 0.25) is 17.7 Å². The Kier molecular flexibility index (Phi) is 5.51. The van der Waals surface area contributed by atoms with E-state index in [0.717, 1.165) is 24.0 Å². The zero-order valence-corrected chi connectivity index (χ0v) is 18.1. The standard InChI is InChI=1S/C25H26FN3O3/c1-17-2-6-19(7-3-17)23-27-28-24(32-23)21-15-29(16-25(21)10-12-31-13-11-25)22(30)14-18-4-8-20(26)9-5-18/h2-9,21H,10-16H2,1H3. The molecule has 1 aromatic heterocycles. The molecule has 0 saturated carbocycles. The van der Waals surface area contributed by atoms with Gasteiger partial charge in [-0.3, -0.25) is 4.79 Å². The molecule has 0 aliphatic carbocycles. The molecule has 1 unspecified atom stereocenters. The van der Waals surface area contributed by atoms with E-state index >= 15 is 0 Å². The van der Waals surface area contributed by atoms with Crippen molar-refractivity contribution in [3.8, 4) is 11.5 Å². The van der Waals surface area contributed by atoms with Gasteiger partial charge in [-0.15, -0.1) is 10.2 Å². The first-order chi connectivity index (χ1) is 15.5. The van der Waals surface area contributed by atoms with Gasteiger partial charge in [0.25, 0.3) is 0 Å². The van der Waals surface area contributed by atoms with Gasteiger partial charge in [0, 0.05) is 37.3 Å². The van der Waals surface area contributed by atoms with E-state index in [1.165, 1.54) is 17.7 Å². The highest BCUT2D eigenvalue weighted by molar-refractivity contribution is 5.79. The number of carbonyl (C=O) groups is 1. The number of amides is 1. The second-order valence-corrected chi connectivity index (χ2v) is 8.92. The number of benzene rings is 2. The molecule has 166 valence electrons. The molecule has 2 aliphatic heterocycles. The van der Waals surface area contributed by atoms with Gasteiger partial charge < -0.3 is 14.1 Å². The summed E-state index contributed by atoms with van der Waals surface area (Å²) in [5, 5.41) is 8.69. The monoisotopic (exact) mass is 435 g/mol.